The van der Waals surface area contributed by atoms with Crippen molar-refractivity contribution in [2.75, 3.05) is 13.2 Å². The minimum absolute atomic E-state index is 0.125. The zero-order chi connectivity index (χ0) is 18.0. The van der Waals surface area contributed by atoms with E-state index in [1.165, 1.54) is 44.6 Å². The Morgan fingerprint density at radius 1 is 1.04 bits per heavy atom. The normalized spacial score (nSPS) is 9.79. The number of carbonyl (C=O) groups is 1. The van der Waals surface area contributed by atoms with Crippen LogP contribution in [0.1, 0.15) is 57.4 Å². The number of aliphatic hydroxyl groups excluding tert-OH is 2. The molecule has 0 aliphatic heterocycles. The number of hydrogen-bond acceptors (Lipinski definition) is 4. The molecule has 4 heteroatoms. The van der Waals surface area contributed by atoms with Gasteiger partial charge in [-0.1, -0.05) is 70.2 Å². The van der Waals surface area contributed by atoms with Crippen molar-refractivity contribution in [2.24, 2.45) is 0 Å². The summed E-state index contributed by atoms with van der Waals surface area (Å²) in [5.41, 5.74) is 1.11. The Kier molecular flexibility index (Phi) is 15.1. The molecule has 0 spiro atoms. The van der Waals surface area contributed by atoms with Crippen LogP contribution in [0.25, 0.3) is 0 Å². The SMILES string of the molecule is C=CC(=O)Oc1ccccc1CCCCCCCCC.OCCO. The lowest BCUT2D eigenvalue weighted by molar-refractivity contribution is -0.129. The second-order valence-electron chi connectivity index (χ2n) is 5.55. The van der Waals surface area contributed by atoms with Crippen LogP contribution in [0.5, 0.6) is 5.75 Å². The first-order valence-corrected chi connectivity index (χ1v) is 8.83. The quantitative estimate of drug-likeness (QED) is 0.277. The van der Waals surface area contributed by atoms with E-state index in [9.17, 15) is 4.79 Å². The number of aryl methyl sites for hydroxylation is 1. The van der Waals surface area contributed by atoms with E-state index in [4.69, 9.17) is 14.9 Å². The van der Waals surface area contributed by atoms with Crippen molar-refractivity contribution >= 4 is 5.97 Å². The van der Waals surface area contributed by atoms with Gasteiger partial charge in [0.15, 0.2) is 0 Å². The second kappa shape index (κ2) is 16.2. The third-order valence-corrected chi connectivity index (χ3v) is 3.50. The van der Waals surface area contributed by atoms with Gasteiger partial charge in [-0.05, 0) is 24.5 Å². The molecule has 0 saturated carbocycles. The molecule has 2 N–H and O–H groups in total. The van der Waals surface area contributed by atoms with Crippen molar-refractivity contribution in [3.63, 3.8) is 0 Å². The molecule has 4 nitrogen and oxygen atoms in total. The van der Waals surface area contributed by atoms with Gasteiger partial charge in [-0.3, -0.25) is 0 Å². The topological polar surface area (TPSA) is 66.8 Å². The number of ether oxygens (including phenoxy) is 1. The highest BCUT2D eigenvalue weighted by atomic mass is 16.5. The van der Waals surface area contributed by atoms with Crippen LogP contribution in [-0.2, 0) is 11.2 Å². The van der Waals surface area contributed by atoms with E-state index in [1.807, 2.05) is 24.3 Å². The van der Waals surface area contributed by atoms with Gasteiger partial charge in [-0.2, -0.15) is 0 Å². The number of para-hydroxylation sites is 1. The van der Waals surface area contributed by atoms with Crippen LogP contribution < -0.4 is 4.74 Å². The molecule has 0 fully saturated rings. The Morgan fingerprint density at radius 2 is 1.62 bits per heavy atom. The van der Waals surface area contributed by atoms with Gasteiger partial charge in [-0.25, -0.2) is 4.79 Å². The molecule has 0 amide bonds. The number of esters is 1. The van der Waals surface area contributed by atoms with Crippen molar-refractivity contribution in [3.8, 4) is 5.75 Å². The van der Waals surface area contributed by atoms with E-state index in [-0.39, 0.29) is 13.2 Å². The molecule has 1 aromatic rings. The molecular formula is C20H32O4. The maximum absolute atomic E-state index is 11.3. The van der Waals surface area contributed by atoms with Crippen LogP contribution in [0.2, 0.25) is 0 Å². The highest BCUT2D eigenvalue weighted by Gasteiger charge is 2.05. The molecule has 0 saturated heterocycles. The average molecular weight is 336 g/mol. The Bertz CT molecular complexity index is 441. The van der Waals surface area contributed by atoms with E-state index >= 15 is 0 Å². The monoisotopic (exact) mass is 336 g/mol. The summed E-state index contributed by atoms with van der Waals surface area (Å²) in [6.45, 7) is 5.41. The van der Waals surface area contributed by atoms with Gasteiger partial charge in [0.05, 0.1) is 13.2 Å². The van der Waals surface area contributed by atoms with E-state index in [0.29, 0.717) is 5.75 Å². The first-order valence-electron chi connectivity index (χ1n) is 8.83. The minimum atomic E-state index is -0.392. The van der Waals surface area contributed by atoms with Gasteiger partial charge in [0.1, 0.15) is 5.75 Å². The Morgan fingerprint density at radius 3 is 2.21 bits per heavy atom. The molecule has 1 aromatic carbocycles. The van der Waals surface area contributed by atoms with Gasteiger partial charge < -0.3 is 14.9 Å². The number of hydrogen-bond donors (Lipinski definition) is 2. The lowest BCUT2D eigenvalue weighted by atomic mass is 10.0. The molecule has 24 heavy (non-hydrogen) atoms. The smallest absolute Gasteiger partial charge is 0.335 e. The van der Waals surface area contributed by atoms with Crippen LogP contribution in [0.3, 0.4) is 0 Å². The lowest BCUT2D eigenvalue weighted by Crippen LogP contribution is -2.05. The summed E-state index contributed by atoms with van der Waals surface area (Å²) in [6, 6.07) is 7.75. The summed E-state index contributed by atoms with van der Waals surface area (Å²) in [6.07, 6.45) is 11.2. The van der Waals surface area contributed by atoms with Crippen LogP contribution in [0, 0.1) is 0 Å². The molecule has 0 bridgehead atoms. The van der Waals surface area contributed by atoms with E-state index in [0.717, 1.165) is 18.4 Å². The minimum Gasteiger partial charge on any atom is -0.423 e. The summed E-state index contributed by atoms with van der Waals surface area (Å²) < 4.78 is 5.25. The van der Waals surface area contributed by atoms with Crippen LogP contribution in [0.15, 0.2) is 36.9 Å². The second-order valence-corrected chi connectivity index (χ2v) is 5.55. The fourth-order valence-corrected chi connectivity index (χ4v) is 2.23. The molecule has 0 unspecified atom stereocenters. The molecule has 136 valence electrons. The van der Waals surface area contributed by atoms with E-state index in [1.54, 1.807) is 0 Å². The molecule has 0 atom stereocenters. The molecule has 0 aliphatic rings. The number of carbonyl (C=O) groups excluding carboxylic acids is 1. The molecule has 0 heterocycles. The fourth-order valence-electron chi connectivity index (χ4n) is 2.23. The summed E-state index contributed by atoms with van der Waals surface area (Å²) in [7, 11) is 0. The zero-order valence-electron chi connectivity index (χ0n) is 14.9. The maximum atomic E-state index is 11.3. The van der Waals surface area contributed by atoms with Crippen LogP contribution in [-0.4, -0.2) is 29.4 Å². The third kappa shape index (κ3) is 11.9. The number of aliphatic hydroxyl groups is 2. The molecular weight excluding hydrogens is 304 g/mol. The molecule has 1 rings (SSSR count). The molecule has 0 aromatic heterocycles. The fraction of sp³-hybridized carbons (Fsp3) is 0.550. The highest BCUT2D eigenvalue weighted by Crippen LogP contribution is 2.21. The number of unbranched alkanes of at least 4 members (excludes halogenated alkanes) is 6. The van der Waals surface area contributed by atoms with Crippen molar-refractivity contribution in [1.82, 2.24) is 0 Å². The standard InChI is InChI=1S/C18H26O2.C2H6O2/c1-3-5-6-7-8-9-10-13-16-14-11-12-15-17(16)20-18(19)4-2;3-1-2-4/h4,11-12,14-15H,2-3,5-10,13H2,1H3;3-4H,1-2H2. The first kappa shape index (κ1) is 22.4. The van der Waals surface area contributed by atoms with Crippen LogP contribution in [0.4, 0.5) is 0 Å². The van der Waals surface area contributed by atoms with Gasteiger partial charge >= 0.3 is 5.97 Å². The van der Waals surface area contributed by atoms with Crippen molar-refractivity contribution in [2.45, 2.75) is 58.3 Å². The van der Waals surface area contributed by atoms with E-state index < -0.39 is 5.97 Å². The maximum Gasteiger partial charge on any atom is 0.335 e. The van der Waals surface area contributed by atoms with Crippen molar-refractivity contribution in [3.05, 3.63) is 42.5 Å². The van der Waals surface area contributed by atoms with Crippen molar-refractivity contribution < 1.29 is 19.7 Å². The van der Waals surface area contributed by atoms with Gasteiger partial charge in [0.2, 0.25) is 0 Å². The largest absolute Gasteiger partial charge is 0.423 e. The predicted octanol–water partition coefficient (Wildman–Crippen LogP) is 4.04. The molecule has 0 radical (unpaired) electrons. The lowest BCUT2D eigenvalue weighted by Gasteiger charge is -2.08. The summed E-state index contributed by atoms with van der Waals surface area (Å²) in [5.74, 6) is 0.278. The summed E-state index contributed by atoms with van der Waals surface area (Å²) >= 11 is 0. The van der Waals surface area contributed by atoms with Crippen molar-refractivity contribution in [1.29, 1.82) is 0 Å². The van der Waals surface area contributed by atoms with Gasteiger partial charge in [0, 0.05) is 6.08 Å². The Labute approximate surface area is 146 Å². The number of benzene rings is 1. The Hall–Kier alpha value is -1.65. The summed E-state index contributed by atoms with van der Waals surface area (Å²) in [5, 5.41) is 15.2. The zero-order valence-corrected chi connectivity index (χ0v) is 14.9. The average Bonchev–Trinajstić information content (AvgIpc) is 2.62. The molecule has 0 aliphatic carbocycles. The third-order valence-electron chi connectivity index (χ3n) is 3.50. The Balaban J connectivity index is 0.00000118. The van der Waals surface area contributed by atoms with Gasteiger partial charge in [0.25, 0.3) is 0 Å². The van der Waals surface area contributed by atoms with E-state index in [2.05, 4.69) is 13.5 Å². The van der Waals surface area contributed by atoms with Gasteiger partial charge in [-0.15, -0.1) is 0 Å². The summed E-state index contributed by atoms with van der Waals surface area (Å²) in [4.78, 5) is 11.3. The van der Waals surface area contributed by atoms with Crippen LogP contribution >= 0.6 is 0 Å². The predicted molar refractivity (Wildman–Crippen MR) is 98.1 cm³/mol. The highest BCUT2D eigenvalue weighted by molar-refractivity contribution is 5.83. The number of rotatable bonds is 11. The first-order chi connectivity index (χ1) is 11.7.